The normalized spacial score (nSPS) is 20.2. The van der Waals surface area contributed by atoms with Crippen LogP contribution in [0.5, 0.6) is 0 Å². The van der Waals surface area contributed by atoms with E-state index < -0.39 is 12.7 Å². The standard InChI is InChI=1S/C13H25F3N4.HI/c1-3-6-18-12(17-4-2)19-8-11-5-7-20(9-11)10-13(14,15)16;/h11H,3-10H2,1-2H3,(H2,17,18,19);1H. The monoisotopic (exact) mass is 422 g/mol. The van der Waals surface area contributed by atoms with Crippen molar-refractivity contribution in [2.75, 3.05) is 39.3 Å². The second-order valence-corrected chi connectivity index (χ2v) is 5.15. The molecule has 0 radical (unpaired) electrons. The molecule has 0 aromatic carbocycles. The van der Waals surface area contributed by atoms with Crippen LogP contribution in [0.4, 0.5) is 13.2 Å². The van der Waals surface area contributed by atoms with Crippen molar-refractivity contribution in [3.8, 4) is 0 Å². The summed E-state index contributed by atoms with van der Waals surface area (Å²) in [4.78, 5) is 5.92. The lowest BCUT2D eigenvalue weighted by atomic mass is 10.1. The number of rotatable bonds is 6. The number of aliphatic imine (C=N–C) groups is 1. The number of nitrogens with one attached hydrogen (secondary N) is 2. The topological polar surface area (TPSA) is 39.7 Å². The van der Waals surface area contributed by atoms with Crippen LogP contribution in [0.15, 0.2) is 4.99 Å². The van der Waals surface area contributed by atoms with Gasteiger partial charge in [0.25, 0.3) is 0 Å². The summed E-state index contributed by atoms with van der Waals surface area (Å²) in [5.74, 6) is 0.970. The molecule has 0 spiro atoms. The fraction of sp³-hybridized carbons (Fsp3) is 0.923. The molecule has 0 aromatic rings. The van der Waals surface area contributed by atoms with E-state index in [4.69, 9.17) is 0 Å². The Morgan fingerprint density at radius 3 is 2.57 bits per heavy atom. The van der Waals surface area contributed by atoms with Crippen LogP contribution in [-0.2, 0) is 0 Å². The van der Waals surface area contributed by atoms with Crippen LogP contribution in [0.25, 0.3) is 0 Å². The zero-order valence-electron chi connectivity index (χ0n) is 12.7. The third-order valence-corrected chi connectivity index (χ3v) is 3.17. The molecule has 1 rings (SSSR count). The van der Waals surface area contributed by atoms with Gasteiger partial charge in [-0.05, 0) is 32.2 Å². The van der Waals surface area contributed by atoms with E-state index >= 15 is 0 Å². The summed E-state index contributed by atoms with van der Waals surface area (Å²) < 4.78 is 36.9. The summed E-state index contributed by atoms with van der Waals surface area (Å²) in [6.45, 7) is 6.45. The van der Waals surface area contributed by atoms with Gasteiger partial charge in [-0.25, -0.2) is 0 Å². The maximum atomic E-state index is 12.3. The number of hydrogen-bond acceptors (Lipinski definition) is 2. The molecule has 1 aliphatic heterocycles. The molecule has 8 heteroatoms. The smallest absolute Gasteiger partial charge is 0.357 e. The van der Waals surface area contributed by atoms with Crippen LogP contribution in [0.2, 0.25) is 0 Å². The number of alkyl halides is 3. The third-order valence-electron chi connectivity index (χ3n) is 3.17. The molecule has 1 atom stereocenters. The van der Waals surface area contributed by atoms with E-state index in [1.54, 1.807) is 0 Å². The minimum Gasteiger partial charge on any atom is -0.357 e. The van der Waals surface area contributed by atoms with Gasteiger partial charge in [0.15, 0.2) is 5.96 Å². The quantitative estimate of drug-likeness (QED) is 0.393. The maximum absolute atomic E-state index is 12.3. The number of halogens is 4. The second kappa shape index (κ2) is 10.5. The lowest BCUT2D eigenvalue weighted by Gasteiger charge is -2.17. The number of nitrogens with zero attached hydrogens (tertiary/aromatic N) is 2. The highest BCUT2D eigenvalue weighted by Crippen LogP contribution is 2.22. The van der Waals surface area contributed by atoms with Gasteiger partial charge in [-0.1, -0.05) is 6.92 Å². The molecule has 0 saturated carbocycles. The molecular weight excluding hydrogens is 396 g/mol. The Kier molecular flexibility index (Phi) is 10.3. The molecule has 0 aromatic heterocycles. The Morgan fingerprint density at radius 1 is 1.29 bits per heavy atom. The van der Waals surface area contributed by atoms with Crippen molar-refractivity contribution >= 4 is 29.9 Å². The van der Waals surface area contributed by atoms with Crippen molar-refractivity contribution in [1.82, 2.24) is 15.5 Å². The van der Waals surface area contributed by atoms with Crippen LogP contribution in [0.1, 0.15) is 26.7 Å². The molecule has 21 heavy (non-hydrogen) atoms. The predicted octanol–water partition coefficient (Wildman–Crippen LogP) is 2.45. The molecule has 126 valence electrons. The summed E-state index contributed by atoms with van der Waals surface area (Å²) in [5.41, 5.74) is 0. The van der Waals surface area contributed by atoms with Gasteiger partial charge in [0, 0.05) is 26.2 Å². The highest BCUT2D eigenvalue weighted by atomic mass is 127. The first-order chi connectivity index (χ1) is 9.44. The number of guanidine groups is 1. The zero-order valence-corrected chi connectivity index (χ0v) is 15.0. The molecule has 1 saturated heterocycles. The van der Waals surface area contributed by atoms with Crippen LogP contribution in [0, 0.1) is 5.92 Å². The molecule has 0 bridgehead atoms. The molecular formula is C13H26F3IN4. The Hall–Kier alpha value is -0.250. The first kappa shape index (κ1) is 20.8. The van der Waals surface area contributed by atoms with Crippen LogP contribution >= 0.6 is 24.0 Å². The zero-order chi connectivity index (χ0) is 15.0. The van der Waals surface area contributed by atoms with Crippen molar-refractivity contribution in [2.24, 2.45) is 10.9 Å². The highest BCUT2D eigenvalue weighted by molar-refractivity contribution is 14.0. The second-order valence-electron chi connectivity index (χ2n) is 5.15. The number of hydrogen-bond donors (Lipinski definition) is 2. The minimum absolute atomic E-state index is 0. The van der Waals surface area contributed by atoms with Crippen molar-refractivity contribution in [3.63, 3.8) is 0 Å². The van der Waals surface area contributed by atoms with Crippen LogP contribution < -0.4 is 10.6 Å². The van der Waals surface area contributed by atoms with Crippen molar-refractivity contribution < 1.29 is 13.2 Å². The minimum atomic E-state index is -4.10. The van der Waals surface area contributed by atoms with Crippen LogP contribution in [-0.4, -0.2) is 56.3 Å². The van der Waals surface area contributed by atoms with Crippen LogP contribution in [0.3, 0.4) is 0 Å². The summed E-state index contributed by atoms with van der Waals surface area (Å²) in [6.07, 6.45) is -2.31. The van der Waals surface area contributed by atoms with Gasteiger partial charge in [0.1, 0.15) is 0 Å². The Balaban J connectivity index is 0.00000400. The summed E-state index contributed by atoms with van der Waals surface area (Å²) in [6, 6.07) is 0. The molecule has 1 aliphatic rings. The van der Waals surface area contributed by atoms with Crippen molar-refractivity contribution in [3.05, 3.63) is 0 Å². The Labute approximate surface area is 142 Å². The first-order valence-electron chi connectivity index (χ1n) is 7.26. The summed E-state index contributed by atoms with van der Waals surface area (Å²) in [7, 11) is 0. The fourth-order valence-corrected chi connectivity index (χ4v) is 2.26. The van der Waals surface area contributed by atoms with E-state index in [2.05, 4.69) is 22.5 Å². The fourth-order valence-electron chi connectivity index (χ4n) is 2.26. The third kappa shape index (κ3) is 9.38. The van der Waals surface area contributed by atoms with Gasteiger partial charge >= 0.3 is 6.18 Å². The van der Waals surface area contributed by atoms with Gasteiger partial charge in [0.05, 0.1) is 6.54 Å². The first-order valence-corrected chi connectivity index (χ1v) is 7.26. The van der Waals surface area contributed by atoms with Gasteiger partial charge in [-0.15, -0.1) is 24.0 Å². The average Bonchev–Trinajstić information content (AvgIpc) is 2.78. The van der Waals surface area contributed by atoms with E-state index in [-0.39, 0.29) is 29.9 Å². The molecule has 0 amide bonds. The van der Waals surface area contributed by atoms with E-state index in [1.165, 1.54) is 4.90 Å². The van der Waals surface area contributed by atoms with Gasteiger partial charge in [-0.3, -0.25) is 9.89 Å². The molecule has 1 heterocycles. The number of likely N-dealkylation sites (tertiary alicyclic amines) is 1. The Bertz CT molecular complexity index is 310. The largest absolute Gasteiger partial charge is 0.401 e. The predicted molar refractivity (Wildman–Crippen MR) is 90.3 cm³/mol. The SMILES string of the molecule is CCCNC(=NCC1CCN(CC(F)(F)F)C1)NCC.I. The summed E-state index contributed by atoms with van der Waals surface area (Å²) >= 11 is 0. The molecule has 2 N–H and O–H groups in total. The lowest BCUT2D eigenvalue weighted by molar-refractivity contribution is -0.143. The van der Waals surface area contributed by atoms with E-state index in [1.807, 2.05) is 6.92 Å². The molecule has 0 aliphatic carbocycles. The van der Waals surface area contributed by atoms with Crippen molar-refractivity contribution in [2.45, 2.75) is 32.9 Å². The van der Waals surface area contributed by atoms with E-state index in [0.29, 0.717) is 19.6 Å². The van der Waals surface area contributed by atoms with Gasteiger partial charge < -0.3 is 10.6 Å². The van der Waals surface area contributed by atoms with Crippen molar-refractivity contribution in [1.29, 1.82) is 0 Å². The van der Waals surface area contributed by atoms with Gasteiger partial charge in [0.2, 0.25) is 0 Å². The average molecular weight is 422 g/mol. The highest BCUT2D eigenvalue weighted by Gasteiger charge is 2.34. The van der Waals surface area contributed by atoms with E-state index in [9.17, 15) is 13.2 Å². The lowest BCUT2D eigenvalue weighted by Crippen LogP contribution is -2.38. The molecule has 4 nitrogen and oxygen atoms in total. The maximum Gasteiger partial charge on any atom is 0.401 e. The van der Waals surface area contributed by atoms with Gasteiger partial charge in [-0.2, -0.15) is 13.2 Å². The molecule has 1 fully saturated rings. The Morgan fingerprint density at radius 2 is 2.00 bits per heavy atom. The summed E-state index contributed by atoms with van der Waals surface area (Å²) in [5, 5.41) is 6.33. The van der Waals surface area contributed by atoms with E-state index in [0.717, 1.165) is 31.9 Å². The molecule has 1 unspecified atom stereocenters.